The van der Waals surface area contributed by atoms with E-state index < -0.39 is 20.8 Å². The van der Waals surface area contributed by atoms with Crippen LogP contribution in [0.4, 0.5) is 0 Å². The van der Waals surface area contributed by atoms with Crippen molar-refractivity contribution in [2.45, 2.75) is 13.1 Å². The van der Waals surface area contributed by atoms with Gasteiger partial charge in [0.05, 0.1) is 48.1 Å². The molecule has 6 rings (SSSR count). The molecular weight excluding hydrogens is 681 g/mol. The third-order valence-electron chi connectivity index (χ3n) is 7.23. The Morgan fingerprint density at radius 3 is 1.39 bits per heavy atom. The third kappa shape index (κ3) is 7.82. The minimum atomic E-state index is -4.80. The van der Waals surface area contributed by atoms with E-state index in [1.165, 1.54) is 45.5 Å². The van der Waals surface area contributed by atoms with Gasteiger partial charge in [-0.15, -0.1) is 0 Å². The van der Waals surface area contributed by atoms with E-state index in [9.17, 15) is 26.4 Å². The molecule has 0 aliphatic heterocycles. The normalized spacial score (nSPS) is 12.0. The number of fused-ring (bicyclic) bond motifs is 2. The molecule has 0 aliphatic rings. The Balaban J connectivity index is 1.27. The molecule has 6 aromatic rings. The van der Waals surface area contributed by atoms with Gasteiger partial charge in [-0.3, -0.25) is 27.8 Å². The van der Waals surface area contributed by atoms with Crippen molar-refractivity contribution in [3.63, 3.8) is 0 Å². The second kappa shape index (κ2) is 13.6. The summed E-state index contributed by atoms with van der Waals surface area (Å²) in [5.74, 6) is 0.00528. The van der Waals surface area contributed by atoms with Crippen LogP contribution in [0, 0.1) is 0 Å². The average Bonchev–Trinajstić information content (AvgIpc) is 3.05. The first-order valence-corrected chi connectivity index (χ1v) is 17.2. The van der Waals surface area contributed by atoms with E-state index in [1.807, 2.05) is 0 Å². The summed E-state index contributed by atoms with van der Waals surface area (Å²) in [7, 11) is -9.59. The van der Waals surface area contributed by atoms with E-state index >= 15 is 0 Å². The summed E-state index contributed by atoms with van der Waals surface area (Å²) >= 11 is 0. The summed E-state index contributed by atoms with van der Waals surface area (Å²) in [5, 5.41) is 0.686. The van der Waals surface area contributed by atoms with Crippen LogP contribution in [0.3, 0.4) is 0 Å². The standard InChI is InChI=1S/C32H26N4O11S2/c37-31-25-11-1-3-13-27(25)33-29(21-7-5-9-23(19-21)46-48(39,40)41)35(31)15-17-45-18-16-36-30(34-28-14-4-2-12-26(28)32(36)38)22-8-6-10-24(20-22)47-49(42,43)44/h1-14,19-20H,15-18H2,(H,39,40,41)(H,42,43,44). The van der Waals surface area contributed by atoms with Crippen LogP contribution in [0.2, 0.25) is 0 Å². The van der Waals surface area contributed by atoms with Gasteiger partial charge >= 0.3 is 20.8 Å². The maximum atomic E-state index is 13.6. The number of rotatable bonds is 12. The van der Waals surface area contributed by atoms with E-state index in [-0.39, 0.29) is 60.6 Å². The zero-order valence-electron chi connectivity index (χ0n) is 25.2. The molecule has 0 saturated heterocycles. The lowest BCUT2D eigenvalue weighted by atomic mass is 10.1. The maximum absolute atomic E-state index is 13.6. The Bertz CT molecular complexity index is 2370. The minimum absolute atomic E-state index is 0.00306. The SMILES string of the molecule is O=c1c2ccccc2nc(-c2cccc(OS(=O)(=O)O)c2)n1CCOCCn1c(-c2cccc(OS(=O)(=O)O)c2)nc2ccccc2c1=O. The van der Waals surface area contributed by atoms with Crippen LogP contribution in [-0.4, -0.2) is 58.3 Å². The fraction of sp³-hybridized carbons (Fsp3) is 0.125. The van der Waals surface area contributed by atoms with Crippen molar-refractivity contribution in [2.75, 3.05) is 13.2 Å². The first kappa shape index (κ1) is 33.4. The fourth-order valence-corrected chi connectivity index (χ4v) is 5.92. The highest BCUT2D eigenvalue weighted by atomic mass is 32.3. The topological polar surface area (TPSA) is 206 Å². The van der Waals surface area contributed by atoms with Crippen LogP contribution >= 0.6 is 0 Å². The number of hydrogen-bond donors (Lipinski definition) is 2. The second-order valence-corrected chi connectivity index (χ2v) is 12.6. The molecule has 4 aromatic carbocycles. The summed E-state index contributed by atoms with van der Waals surface area (Å²) in [6.45, 7) is 0.0259. The molecule has 49 heavy (non-hydrogen) atoms. The predicted octanol–water partition coefficient (Wildman–Crippen LogP) is 3.52. The Hall–Kier alpha value is -5.46. The highest BCUT2D eigenvalue weighted by Gasteiger charge is 2.17. The lowest BCUT2D eigenvalue weighted by Gasteiger charge is -2.16. The molecule has 2 aromatic heterocycles. The molecule has 0 fully saturated rings. The van der Waals surface area contributed by atoms with Gasteiger partial charge in [-0.25, -0.2) is 9.97 Å². The molecule has 2 heterocycles. The molecule has 0 radical (unpaired) electrons. The van der Waals surface area contributed by atoms with Crippen LogP contribution in [0.5, 0.6) is 11.5 Å². The highest BCUT2D eigenvalue weighted by molar-refractivity contribution is 7.81. The van der Waals surface area contributed by atoms with Crippen molar-refractivity contribution in [3.8, 4) is 34.3 Å². The van der Waals surface area contributed by atoms with Gasteiger partial charge in [-0.1, -0.05) is 48.5 Å². The molecule has 0 atom stereocenters. The van der Waals surface area contributed by atoms with E-state index in [1.54, 1.807) is 60.7 Å². The summed E-state index contributed by atoms with van der Waals surface area (Å²) in [5.41, 5.74) is 0.722. The summed E-state index contributed by atoms with van der Waals surface area (Å²) < 4.78 is 81.2. The Kier molecular flexibility index (Phi) is 9.26. The van der Waals surface area contributed by atoms with Crippen molar-refractivity contribution >= 4 is 42.6 Å². The van der Waals surface area contributed by atoms with Crippen LogP contribution in [0.25, 0.3) is 44.6 Å². The number of hydrogen-bond acceptors (Lipinski definition) is 11. The van der Waals surface area contributed by atoms with Gasteiger partial charge in [-0.2, -0.15) is 16.8 Å². The quantitative estimate of drug-likeness (QED) is 0.138. The van der Waals surface area contributed by atoms with Crippen LogP contribution in [0.1, 0.15) is 0 Å². The summed E-state index contributed by atoms with van der Waals surface area (Å²) in [6.07, 6.45) is 0. The number of ether oxygens (including phenoxy) is 1. The van der Waals surface area contributed by atoms with E-state index in [0.29, 0.717) is 32.9 Å². The molecule has 2 N–H and O–H groups in total. The van der Waals surface area contributed by atoms with Crippen molar-refractivity contribution in [2.24, 2.45) is 0 Å². The summed E-state index contributed by atoms with van der Waals surface area (Å²) in [4.78, 5) is 36.4. The van der Waals surface area contributed by atoms with Crippen LogP contribution < -0.4 is 19.5 Å². The van der Waals surface area contributed by atoms with Gasteiger partial charge in [0, 0.05) is 11.1 Å². The second-order valence-electron chi connectivity index (χ2n) is 10.5. The predicted molar refractivity (Wildman–Crippen MR) is 178 cm³/mol. The van der Waals surface area contributed by atoms with Crippen molar-refractivity contribution in [1.29, 1.82) is 0 Å². The highest BCUT2D eigenvalue weighted by Crippen LogP contribution is 2.26. The van der Waals surface area contributed by atoms with Gasteiger partial charge in [0.15, 0.2) is 0 Å². The maximum Gasteiger partial charge on any atom is 0.446 e. The first-order valence-electron chi connectivity index (χ1n) is 14.5. The van der Waals surface area contributed by atoms with Gasteiger partial charge in [0.25, 0.3) is 11.1 Å². The molecular formula is C32H26N4O11S2. The third-order valence-corrected chi connectivity index (χ3v) is 8.04. The molecule has 0 spiro atoms. The lowest BCUT2D eigenvalue weighted by Crippen LogP contribution is -2.27. The minimum Gasteiger partial charge on any atom is -0.378 e. The molecule has 0 saturated carbocycles. The first-order chi connectivity index (χ1) is 23.4. The van der Waals surface area contributed by atoms with E-state index in [0.717, 1.165) is 0 Å². The van der Waals surface area contributed by atoms with Crippen LogP contribution in [0.15, 0.2) is 107 Å². The van der Waals surface area contributed by atoms with Crippen LogP contribution in [-0.2, 0) is 38.6 Å². The number of nitrogens with zero attached hydrogens (tertiary/aromatic N) is 4. The molecule has 0 bridgehead atoms. The van der Waals surface area contributed by atoms with Crippen molar-refractivity contribution in [3.05, 3.63) is 118 Å². The van der Waals surface area contributed by atoms with Gasteiger partial charge < -0.3 is 13.1 Å². The zero-order valence-corrected chi connectivity index (χ0v) is 26.9. The molecule has 0 amide bonds. The average molecular weight is 707 g/mol. The van der Waals surface area contributed by atoms with E-state index in [4.69, 9.17) is 13.8 Å². The molecule has 17 heteroatoms. The summed E-state index contributed by atoms with van der Waals surface area (Å²) in [6, 6.07) is 24.9. The Labute approximate surface area is 278 Å². The Morgan fingerprint density at radius 2 is 0.980 bits per heavy atom. The van der Waals surface area contributed by atoms with Gasteiger partial charge in [0.2, 0.25) is 0 Å². The van der Waals surface area contributed by atoms with Gasteiger partial charge in [-0.05, 0) is 48.5 Å². The van der Waals surface area contributed by atoms with Crippen molar-refractivity contribution < 1.29 is 39.0 Å². The molecule has 252 valence electrons. The fourth-order valence-electron chi connectivity index (χ4n) is 5.22. The lowest BCUT2D eigenvalue weighted by molar-refractivity contribution is 0.118. The zero-order chi connectivity index (χ0) is 34.8. The molecule has 0 aliphatic carbocycles. The number of benzene rings is 4. The largest absolute Gasteiger partial charge is 0.446 e. The molecule has 15 nitrogen and oxygen atoms in total. The molecule has 0 unspecified atom stereocenters. The smallest absolute Gasteiger partial charge is 0.378 e. The number of aromatic nitrogens is 4. The number of para-hydroxylation sites is 2. The van der Waals surface area contributed by atoms with E-state index in [2.05, 4.69) is 18.3 Å². The monoisotopic (exact) mass is 706 g/mol. The Morgan fingerprint density at radius 1 is 0.571 bits per heavy atom. The van der Waals surface area contributed by atoms with Crippen molar-refractivity contribution in [1.82, 2.24) is 19.1 Å². The van der Waals surface area contributed by atoms with Gasteiger partial charge in [0.1, 0.15) is 23.1 Å².